The Morgan fingerprint density at radius 3 is 2.89 bits per heavy atom. The van der Waals surface area contributed by atoms with Crippen molar-refractivity contribution in [1.82, 2.24) is 9.97 Å². The van der Waals surface area contributed by atoms with Crippen LogP contribution >= 0.6 is 0 Å². The summed E-state index contributed by atoms with van der Waals surface area (Å²) in [6.45, 7) is 3.47. The molecule has 0 amide bonds. The molecule has 2 aromatic rings. The van der Waals surface area contributed by atoms with Crippen molar-refractivity contribution in [3.05, 3.63) is 52.6 Å². The van der Waals surface area contributed by atoms with Gasteiger partial charge in [0.1, 0.15) is 5.82 Å². The zero-order valence-corrected chi connectivity index (χ0v) is 10.3. The molecule has 0 aliphatic rings. The number of hydrogen-bond donors (Lipinski definition) is 2. The zero-order chi connectivity index (χ0) is 13.0. The average Bonchev–Trinajstić information content (AvgIpc) is 2.36. The van der Waals surface area contributed by atoms with E-state index in [4.69, 9.17) is 5.73 Å². The highest BCUT2D eigenvalue weighted by Crippen LogP contribution is 2.13. The van der Waals surface area contributed by atoms with Crippen LogP contribution in [0.1, 0.15) is 12.5 Å². The molecule has 5 heteroatoms. The molecule has 0 aliphatic heterocycles. The quantitative estimate of drug-likeness (QED) is 0.797. The van der Waals surface area contributed by atoms with E-state index < -0.39 is 0 Å². The van der Waals surface area contributed by atoms with Gasteiger partial charge in [0.15, 0.2) is 0 Å². The van der Waals surface area contributed by atoms with Crippen LogP contribution in [0.5, 0.6) is 0 Å². The van der Waals surface area contributed by atoms with Gasteiger partial charge in [-0.1, -0.05) is 12.1 Å². The summed E-state index contributed by atoms with van der Waals surface area (Å²) in [5.74, 6) is 0.670. The molecule has 0 saturated heterocycles. The van der Waals surface area contributed by atoms with Crippen molar-refractivity contribution in [3.63, 3.8) is 0 Å². The first-order chi connectivity index (χ1) is 8.69. The highest BCUT2D eigenvalue weighted by Gasteiger charge is 2.07. The average molecular weight is 244 g/mol. The molecule has 18 heavy (non-hydrogen) atoms. The smallest absolute Gasteiger partial charge is 0.252 e. The van der Waals surface area contributed by atoms with E-state index in [9.17, 15) is 4.79 Å². The van der Waals surface area contributed by atoms with Crippen LogP contribution in [0.15, 0.2) is 41.5 Å². The van der Waals surface area contributed by atoms with E-state index in [2.05, 4.69) is 9.97 Å². The van der Waals surface area contributed by atoms with Crippen LogP contribution in [-0.4, -0.2) is 16.5 Å². The molecule has 94 valence electrons. The maximum atomic E-state index is 11.3. The van der Waals surface area contributed by atoms with Gasteiger partial charge in [-0.2, -0.15) is 0 Å². The van der Waals surface area contributed by atoms with E-state index in [1.165, 1.54) is 12.4 Å². The number of aromatic nitrogens is 2. The lowest BCUT2D eigenvalue weighted by molar-refractivity contribution is 0.808. The molecular weight excluding hydrogens is 228 g/mol. The van der Waals surface area contributed by atoms with Gasteiger partial charge in [-0.05, 0) is 24.6 Å². The summed E-state index contributed by atoms with van der Waals surface area (Å²) in [7, 11) is 0. The Balaban J connectivity index is 2.22. The number of nitrogens with zero attached hydrogens (tertiary/aromatic N) is 2. The first-order valence-corrected chi connectivity index (χ1v) is 5.83. The number of hydrogen-bond acceptors (Lipinski definition) is 4. The molecule has 0 spiro atoms. The van der Waals surface area contributed by atoms with E-state index >= 15 is 0 Å². The van der Waals surface area contributed by atoms with Gasteiger partial charge in [-0.3, -0.25) is 4.79 Å². The maximum absolute atomic E-state index is 11.3. The molecule has 2 rings (SSSR count). The molecule has 1 aromatic heterocycles. The third kappa shape index (κ3) is 2.88. The summed E-state index contributed by atoms with van der Waals surface area (Å²) < 4.78 is 0. The van der Waals surface area contributed by atoms with Gasteiger partial charge in [0, 0.05) is 24.8 Å². The van der Waals surface area contributed by atoms with Crippen LogP contribution in [0.4, 0.5) is 11.5 Å². The standard InChI is InChI=1S/C13H16N4O/c1-2-17(12-7-13(18)16-9-15-12)8-10-4-3-5-11(14)6-10/h3-7,9H,2,8,14H2,1H3,(H,15,16,18). The van der Waals surface area contributed by atoms with E-state index in [0.29, 0.717) is 12.4 Å². The van der Waals surface area contributed by atoms with Crippen LogP contribution < -0.4 is 16.2 Å². The Hall–Kier alpha value is -2.30. The van der Waals surface area contributed by atoms with Gasteiger partial charge in [-0.25, -0.2) is 4.98 Å². The number of nitrogen functional groups attached to an aromatic ring is 1. The van der Waals surface area contributed by atoms with Crippen LogP contribution in [-0.2, 0) is 6.54 Å². The van der Waals surface area contributed by atoms with Gasteiger partial charge in [0.2, 0.25) is 0 Å². The fourth-order valence-electron chi connectivity index (χ4n) is 1.80. The molecule has 0 atom stereocenters. The predicted octanol–water partition coefficient (Wildman–Crippen LogP) is 1.38. The second kappa shape index (κ2) is 5.35. The van der Waals surface area contributed by atoms with Crippen LogP contribution in [0.2, 0.25) is 0 Å². The first-order valence-electron chi connectivity index (χ1n) is 5.83. The van der Waals surface area contributed by atoms with E-state index in [1.807, 2.05) is 36.1 Å². The van der Waals surface area contributed by atoms with Crippen LogP contribution in [0.3, 0.4) is 0 Å². The van der Waals surface area contributed by atoms with E-state index in [0.717, 1.165) is 17.8 Å². The fourth-order valence-corrected chi connectivity index (χ4v) is 1.80. The number of rotatable bonds is 4. The number of benzene rings is 1. The maximum Gasteiger partial charge on any atom is 0.252 e. The monoisotopic (exact) mass is 244 g/mol. The minimum Gasteiger partial charge on any atom is -0.399 e. The lowest BCUT2D eigenvalue weighted by Crippen LogP contribution is -2.24. The molecule has 0 bridgehead atoms. The normalized spacial score (nSPS) is 10.3. The summed E-state index contributed by atoms with van der Waals surface area (Å²) in [5, 5.41) is 0. The lowest BCUT2D eigenvalue weighted by Gasteiger charge is -2.21. The van der Waals surface area contributed by atoms with E-state index in [1.54, 1.807) is 0 Å². The lowest BCUT2D eigenvalue weighted by atomic mass is 10.2. The minimum absolute atomic E-state index is 0.147. The van der Waals surface area contributed by atoms with Gasteiger partial charge in [0.25, 0.3) is 5.56 Å². The first kappa shape index (κ1) is 12.2. The Morgan fingerprint density at radius 2 is 2.22 bits per heavy atom. The van der Waals surface area contributed by atoms with E-state index in [-0.39, 0.29) is 5.56 Å². The third-order valence-electron chi connectivity index (χ3n) is 2.69. The molecule has 5 nitrogen and oxygen atoms in total. The molecule has 0 fully saturated rings. The molecule has 0 radical (unpaired) electrons. The van der Waals surface area contributed by atoms with Gasteiger partial charge in [0.05, 0.1) is 6.33 Å². The van der Waals surface area contributed by atoms with Gasteiger partial charge < -0.3 is 15.6 Å². The molecular formula is C13H16N4O. The summed E-state index contributed by atoms with van der Waals surface area (Å²) in [5.41, 5.74) is 7.44. The second-order valence-electron chi connectivity index (χ2n) is 4.03. The topological polar surface area (TPSA) is 75.0 Å². The van der Waals surface area contributed by atoms with Crippen molar-refractivity contribution in [2.75, 3.05) is 17.2 Å². The Kier molecular flexibility index (Phi) is 3.62. The number of anilines is 2. The fraction of sp³-hybridized carbons (Fsp3) is 0.231. The van der Waals surface area contributed by atoms with Crippen molar-refractivity contribution in [1.29, 1.82) is 0 Å². The molecule has 0 aliphatic carbocycles. The number of aromatic amines is 1. The minimum atomic E-state index is -0.147. The number of nitrogens with one attached hydrogen (secondary N) is 1. The SMILES string of the molecule is CCN(Cc1cccc(N)c1)c1cc(=O)[nH]cn1. The molecule has 1 heterocycles. The van der Waals surface area contributed by atoms with Crippen molar-refractivity contribution in [3.8, 4) is 0 Å². The van der Waals surface area contributed by atoms with Crippen molar-refractivity contribution in [2.45, 2.75) is 13.5 Å². The van der Waals surface area contributed by atoms with Crippen LogP contribution in [0.25, 0.3) is 0 Å². The second-order valence-corrected chi connectivity index (χ2v) is 4.03. The molecule has 0 unspecified atom stereocenters. The predicted molar refractivity (Wildman–Crippen MR) is 72.4 cm³/mol. The Morgan fingerprint density at radius 1 is 1.39 bits per heavy atom. The molecule has 0 saturated carbocycles. The third-order valence-corrected chi connectivity index (χ3v) is 2.69. The zero-order valence-electron chi connectivity index (χ0n) is 10.3. The number of nitrogens with two attached hydrogens (primary N) is 1. The Bertz CT molecular complexity index is 579. The summed E-state index contributed by atoms with van der Waals surface area (Å²) in [4.78, 5) is 20.0. The highest BCUT2D eigenvalue weighted by molar-refractivity contribution is 5.43. The van der Waals surface area contributed by atoms with Gasteiger partial charge >= 0.3 is 0 Å². The largest absolute Gasteiger partial charge is 0.399 e. The van der Waals surface area contributed by atoms with Crippen molar-refractivity contribution < 1.29 is 0 Å². The van der Waals surface area contributed by atoms with Crippen molar-refractivity contribution >= 4 is 11.5 Å². The highest BCUT2D eigenvalue weighted by atomic mass is 16.1. The summed E-state index contributed by atoms with van der Waals surface area (Å²) in [6, 6.07) is 9.20. The van der Waals surface area contributed by atoms with Crippen molar-refractivity contribution in [2.24, 2.45) is 0 Å². The number of H-pyrrole nitrogens is 1. The molecule has 1 aromatic carbocycles. The Labute approximate surface area is 105 Å². The summed E-state index contributed by atoms with van der Waals surface area (Å²) in [6.07, 6.45) is 1.42. The van der Waals surface area contributed by atoms with Gasteiger partial charge in [-0.15, -0.1) is 0 Å². The molecule has 3 N–H and O–H groups in total. The summed E-state index contributed by atoms with van der Waals surface area (Å²) >= 11 is 0. The van der Waals surface area contributed by atoms with Crippen LogP contribution in [0, 0.1) is 0 Å².